The summed E-state index contributed by atoms with van der Waals surface area (Å²) < 4.78 is 39.3. The SMILES string of the molecule is O=C(Nc1cc(F)c(F)cc1F)c1cccnc1Br. The Labute approximate surface area is 114 Å². The molecule has 0 saturated heterocycles. The largest absolute Gasteiger partial charge is 0.319 e. The van der Waals surface area contributed by atoms with Gasteiger partial charge in [0.1, 0.15) is 10.4 Å². The van der Waals surface area contributed by atoms with Crippen LogP contribution in [0.1, 0.15) is 10.4 Å². The highest BCUT2D eigenvalue weighted by molar-refractivity contribution is 9.10. The van der Waals surface area contributed by atoms with Gasteiger partial charge in [0.05, 0.1) is 11.3 Å². The molecule has 7 heteroatoms. The summed E-state index contributed by atoms with van der Waals surface area (Å²) in [5, 5.41) is 2.14. The maximum Gasteiger partial charge on any atom is 0.258 e. The fourth-order valence-electron chi connectivity index (χ4n) is 1.36. The predicted octanol–water partition coefficient (Wildman–Crippen LogP) is 3.51. The molecule has 0 aliphatic carbocycles. The molecule has 0 radical (unpaired) electrons. The van der Waals surface area contributed by atoms with Crippen LogP contribution < -0.4 is 5.32 Å². The average molecular weight is 331 g/mol. The van der Waals surface area contributed by atoms with E-state index in [1.54, 1.807) is 0 Å². The van der Waals surface area contributed by atoms with Gasteiger partial charge >= 0.3 is 0 Å². The molecule has 2 aromatic rings. The molecule has 1 N–H and O–H groups in total. The molecule has 0 fully saturated rings. The van der Waals surface area contributed by atoms with Crippen molar-refractivity contribution in [1.29, 1.82) is 0 Å². The van der Waals surface area contributed by atoms with Crippen LogP contribution >= 0.6 is 15.9 Å². The van der Waals surface area contributed by atoms with Gasteiger partial charge < -0.3 is 5.32 Å². The van der Waals surface area contributed by atoms with Gasteiger partial charge in [0.25, 0.3) is 5.91 Å². The lowest BCUT2D eigenvalue weighted by molar-refractivity contribution is 0.102. The Morgan fingerprint density at radius 2 is 1.84 bits per heavy atom. The van der Waals surface area contributed by atoms with Crippen LogP contribution in [0, 0.1) is 17.5 Å². The van der Waals surface area contributed by atoms with Gasteiger partial charge in [-0.25, -0.2) is 18.2 Å². The molecule has 0 spiro atoms. The third kappa shape index (κ3) is 2.93. The molecule has 0 atom stereocenters. The average Bonchev–Trinajstić information content (AvgIpc) is 2.36. The molecule has 1 heterocycles. The lowest BCUT2D eigenvalue weighted by Crippen LogP contribution is -2.14. The third-order valence-electron chi connectivity index (χ3n) is 2.26. The Morgan fingerprint density at radius 3 is 2.53 bits per heavy atom. The topological polar surface area (TPSA) is 42.0 Å². The molecule has 0 aliphatic rings. The van der Waals surface area contributed by atoms with Gasteiger partial charge in [0.2, 0.25) is 0 Å². The number of amides is 1. The van der Waals surface area contributed by atoms with Crippen LogP contribution in [-0.2, 0) is 0 Å². The molecule has 0 bridgehead atoms. The molecule has 2 rings (SSSR count). The number of anilines is 1. The van der Waals surface area contributed by atoms with Gasteiger partial charge in [-0.1, -0.05) is 0 Å². The molecular weight excluding hydrogens is 325 g/mol. The summed E-state index contributed by atoms with van der Waals surface area (Å²) in [6.07, 6.45) is 1.46. The number of carbonyl (C=O) groups excluding carboxylic acids is 1. The minimum Gasteiger partial charge on any atom is -0.319 e. The highest BCUT2D eigenvalue weighted by atomic mass is 79.9. The molecule has 3 nitrogen and oxygen atoms in total. The molecule has 1 aromatic carbocycles. The van der Waals surface area contributed by atoms with E-state index in [0.717, 1.165) is 0 Å². The first-order chi connectivity index (χ1) is 8.99. The number of halogens is 4. The molecule has 1 amide bonds. The minimum absolute atomic E-state index is 0.145. The Kier molecular flexibility index (Phi) is 3.84. The van der Waals surface area contributed by atoms with Crippen LogP contribution in [0.15, 0.2) is 35.1 Å². The Bertz CT molecular complexity index is 649. The van der Waals surface area contributed by atoms with Gasteiger partial charge in [-0.3, -0.25) is 4.79 Å². The number of nitrogens with zero attached hydrogens (tertiary/aromatic N) is 1. The van der Waals surface area contributed by atoms with Crippen LogP contribution in [0.2, 0.25) is 0 Å². The van der Waals surface area contributed by atoms with E-state index in [4.69, 9.17) is 0 Å². The predicted molar refractivity (Wildman–Crippen MR) is 66.2 cm³/mol. The molecule has 19 heavy (non-hydrogen) atoms. The Morgan fingerprint density at radius 1 is 1.16 bits per heavy atom. The summed E-state index contributed by atoms with van der Waals surface area (Å²) in [5.41, 5.74) is -0.300. The van der Waals surface area contributed by atoms with Crippen LogP contribution in [0.25, 0.3) is 0 Å². The first-order valence-electron chi connectivity index (χ1n) is 5.05. The van der Waals surface area contributed by atoms with Crippen LogP contribution in [0.5, 0.6) is 0 Å². The second-order valence-electron chi connectivity index (χ2n) is 3.54. The first-order valence-corrected chi connectivity index (χ1v) is 5.84. The monoisotopic (exact) mass is 330 g/mol. The number of nitrogens with one attached hydrogen (secondary N) is 1. The Hall–Kier alpha value is -1.89. The smallest absolute Gasteiger partial charge is 0.258 e. The van der Waals surface area contributed by atoms with Crippen molar-refractivity contribution in [3.05, 3.63) is 58.1 Å². The van der Waals surface area contributed by atoms with Crippen molar-refractivity contribution in [3.8, 4) is 0 Å². The van der Waals surface area contributed by atoms with Crippen molar-refractivity contribution in [2.24, 2.45) is 0 Å². The van der Waals surface area contributed by atoms with Gasteiger partial charge in [-0.15, -0.1) is 0 Å². The maximum absolute atomic E-state index is 13.4. The maximum atomic E-state index is 13.4. The van der Waals surface area contributed by atoms with E-state index < -0.39 is 29.0 Å². The summed E-state index contributed by atoms with van der Waals surface area (Å²) in [6.45, 7) is 0. The molecule has 0 unspecified atom stereocenters. The van der Waals surface area contributed by atoms with Gasteiger partial charge in [-0.2, -0.15) is 0 Å². The van der Waals surface area contributed by atoms with Crippen molar-refractivity contribution in [2.45, 2.75) is 0 Å². The second kappa shape index (κ2) is 5.40. The Balaban J connectivity index is 2.30. The molecule has 98 valence electrons. The standard InChI is InChI=1S/C12H6BrF3N2O/c13-11-6(2-1-3-17-11)12(19)18-10-5-8(15)7(14)4-9(10)16/h1-5H,(H,18,19). The van der Waals surface area contributed by atoms with E-state index in [0.29, 0.717) is 12.1 Å². The molecule has 0 aliphatic heterocycles. The summed E-state index contributed by atoms with van der Waals surface area (Å²) in [7, 11) is 0. The number of rotatable bonds is 2. The molecular formula is C12H6BrF3N2O. The van der Waals surface area contributed by atoms with E-state index >= 15 is 0 Å². The summed E-state index contributed by atoms with van der Waals surface area (Å²) in [5.74, 6) is -4.32. The van der Waals surface area contributed by atoms with Crippen molar-refractivity contribution in [1.82, 2.24) is 4.98 Å². The van der Waals surface area contributed by atoms with E-state index in [1.807, 2.05) is 0 Å². The highest BCUT2D eigenvalue weighted by Crippen LogP contribution is 2.20. The summed E-state index contributed by atoms with van der Waals surface area (Å²) in [6, 6.07) is 3.90. The zero-order valence-electron chi connectivity index (χ0n) is 9.25. The zero-order chi connectivity index (χ0) is 14.0. The third-order valence-corrected chi connectivity index (χ3v) is 2.89. The van der Waals surface area contributed by atoms with Crippen molar-refractivity contribution in [3.63, 3.8) is 0 Å². The van der Waals surface area contributed by atoms with Crippen molar-refractivity contribution >= 4 is 27.5 Å². The highest BCUT2D eigenvalue weighted by Gasteiger charge is 2.15. The van der Waals surface area contributed by atoms with E-state index in [-0.39, 0.29) is 10.2 Å². The number of carbonyl (C=O) groups is 1. The number of hydrogen-bond acceptors (Lipinski definition) is 2. The quantitative estimate of drug-likeness (QED) is 0.676. The molecule has 1 aromatic heterocycles. The van der Waals surface area contributed by atoms with Gasteiger partial charge in [0.15, 0.2) is 11.6 Å². The van der Waals surface area contributed by atoms with Crippen molar-refractivity contribution in [2.75, 3.05) is 5.32 Å². The van der Waals surface area contributed by atoms with Crippen LogP contribution in [-0.4, -0.2) is 10.9 Å². The van der Waals surface area contributed by atoms with E-state index in [2.05, 4.69) is 26.2 Å². The number of benzene rings is 1. The normalized spacial score (nSPS) is 10.3. The summed E-state index contributed by atoms with van der Waals surface area (Å²) in [4.78, 5) is 15.6. The second-order valence-corrected chi connectivity index (χ2v) is 4.29. The van der Waals surface area contributed by atoms with Gasteiger partial charge in [-0.05, 0) is 28.1 Å². The number of hydrogen-bond donors (Lipinski definition) is 1. The summed E-state index contributed by atoms with van der Waals surface area (Å²) >= 11 is 3.06. The lowest BCUT2D eigenvalue weighted by Gasteiger charge is -2.07. The van der Waals surface area contributed by atoms with Crippen LogP contribution in [0.3, 0.4) is 0 Å². The molecule has 0 saturated carbocycles. The minimum atomic E-state index is -1.32. The first kappa shape index (κ1) is 13.5. The van der Waals surface area contributed by atoms with Gasteiger partial charge in [0, 0.05) is 18.3 Å². The number of pyridine rings is 1. The fraction of sp³-hybridized carbons (Fsp3) is 0. The van der Waals surface area contributed by atoms with Crippen LogP contribution in [0.4, 0.5) is 18.9 Å². The fourth-order valence-corrected chi connectivity index (χ4v) is 1.79. The van der Waals surface area contributed by atoms with E-state index in [1.165, 1.54) is 18.3 Å². The number of aromatic nitrogens is 1. The van der Waals surface area contributed by atoms with E-state index in [9.17, 15) is 18.0 Å². The zero-order valence-corrected chi connectivity index (χ0v) is 10.8. The lowest BCUT2D eigenvalue weighted by atomic mass is 10.2. The van der Waals surface area contributed by atoms with Crippen molar-refractivity contribution < 1.29 is 18.0 Å².